The van der Waals surface area contributed by atoms with Crippen LogP contribution in [0.3, 0.4) is 0 Å². The van der Waals surface area contributed by atoms with E-state index in [1.165, 1.54) is 6.42 Å². The maximum Gasteiger partial charge on any atom is 0.403 e. The van der Waals surface area contributed by atoms with Crippen LogP contribution >= 0.6 is 19.7 Å². The number of hydrogen-bond donors (Lipinski definition) is 3. The van der Waals surface area contributed by atoms with Crippen molar-refractivity contribution in [2.75, 3.05) is 17.7 Å². The molecule has 0 heterocycles. The van der Waals surface area contributed by atoms with Crippen LogP contribution in [0.1, 0.15) is 26.2 Å². The molecule has 0 aromatic rings. The first-order valence-corrected chi connectivity index (χ1v) is 7.19. The molecule has 3 nitrogen and oxygen atoms in total. The predicted molar refractivity (Wildman–Crippen MR) is 55.3 cm³/mol. The third kappa shape index (κ3) is 10.7. The molecular weight excluding hydrogens is 195 g/mol. The minimum atomic E-state index is -3.48. The van der Waals surface area contributed by atoms with E-state index in [1.54, 1.807) is 0 Å². The van der Waals surface area contributed by atoms with E-state index in [-0.39, 0.29) is 6.16 Å². The molecule has 74 valence electrons. The summed E-state index contributed by atoms with van der Waals surface area (Å²) < 4.78 is 0. The van der Waals surface area contributed by atoms with Crippen LogP contribution in [0.25, 0.3) is 0 Å². The molecule has 0 aliphatic heterocycles. The van der Waals surface area contributed by atoms with Crippen LogP contribution in [-0.2, 0) is 0 Å². The van der Waals surface area contributed by atoms with Gasteiger partial charge in [-0.15, -0.1) is 0 Å². The highest BCUT2D eigenvalue weighted by molar-refractivity contribution is 7.99. The van der Waals surface area contributed by atoms with Gasteiger partial charge in [-0.25, -0.2) is 0 Å². The molecule has 0 saturated heterocycles. The van der Waals surface area contributed by atoms with E-state index in [9.17, 15) is 0 Å². The Kier molecular flexibility index (Phi) is 7.49. The molecular formula is C7H18O3PS+. The van der Waals surface area contributed by atoms with Gasteiger partial charge in [-0.05, 0) is 30.8 Å². The van der Waals surface area contributed by atoms with Crippen molar-refractivity contribution in [3.05, 3.63) is 0 Å². The lowest BCUT2D eigenvalue weighted by Crippen LogP contribution is -1.95. The van der Waals surface area contributed by atoms with E-state index >= 15 is 0 Å². The van der Waals surface area contributed by atoms with Gasteiger partial charge in [0.1, 0.15) is 6.16 Å². The lowest BCUT2D eigenvalue weighted by Gasteiger charge is -2.02. The molecule has 0 radical (unpaired) electrons. The lowest BCUT2D eigenvalue weighted by molar-refractivity contribution is 0.329. The Labute approximate surface area is 78.8 Å². The number of thioether (sulfide) groups is 1. The summed E-state index contributed by atoms with van der Waals surface area (Å²) in [7, 11) is -3.48. The first kappa shape index (κ1) is 12.7. The van der Waals surface area contributed by atoms with Crippen molar-refractivity contribution in [1.82, 2.24) is 0 Å². The third-order valence-electron chi connectivity index (χ3n) is 1.35. The van der Waals surface area contributed by atoms with E-state index in [0.717, 1.165) is 17.9 Å². The highest BCUT2D eigenvalue weighted by Gasteiger charge is 2.27. The summed E-state index contributed by atoms with van der Waals surface area (Å²) >= 11 is 1.87. The summed E-state index contributed by atoms with van der Waals surface area (Å²) in [5.74, 6) is 2.21. The molecule has 0 rings (SSSR count). The Balaban J connectivity index is 3.01. The second kappa shape index (κ2) is 7.10. The van der Waals surface area contributed by atoms with Gasteiger partial charge in [-0.1, -0.05) is 6.92 Å². The summed E-state index contributed by atoms with van der Waals surface area (Å²) in [6.07, 6.45) is 2.99. The molecule has 0 aliphatic carbocycles. The lowest BCUT2D eigenvalue weighted by atomic mass is 10.4. The van der Waals surface area contributed by atoms with Crippen LogP contribution in [0.5, 0.6) is 0 Å². The first-order valence-electron chi connectivity index (χ1n) is 4.20. The Morgan fingerprint density at radius 3 is 2.25 bits per heavy atom. The summed E-state index contributed by atoms with van der Waals surface area (Å²) in [5, 5.41) is 0. The Bertz CT molecular complexity index is 105. The molecule has 0 spiro atoms. The third-order valence-corrected chi connectivity index (χ3v) is 3.54. The second-order valence-electron chi connectivity index (χ2n) is 2.74. The van der Waals surface area contributed by atoms with Gasteiger partial charge in [0, 0.05) is 0 Å². The smallest absolute Gasteiger partial charge is 0.193 e. The van der Waals surface area contributed by atoms with Gasteiger partial charge in [0.25, 0.3) is 0 Å². The monoisotopic (exact) mass is 213 g/mol. The van der Waals surface area contributed by atoms with Crippen LogP contribution < -0.4 is 0 Å². The largest absolute Gasteiger partial charge is 0.403 e. The average molecular weight is 213 g/mol. The van der Waals surface area contributed by atoms with Gasteiger partial charge < -0.3 is 0 Å². The maximum absolute atomic E-state index is 8.64. The molecule has 0 amide bonds. The molecule has 0 fully saturated rings. The highest BCUT2D eigenvalue weighted by atomic mass is 32.2. The van der Waals surface area contributed by atoms with E-state index in [2.05, 4.69) is 6.92 Å². The fourth-order valence-electron chi connectivity index (χ4n) is 0.774. The van der Waals surface area contributed by atoms with Gasteiger partial charge in [-0.3, -0.25) is 0 Å². The molecule has 0 aromatic heterocycles. The molecule has 0 saturated carbocycles. The highest BCUT2D eigenvalue weighted by Crippen LogP contribution is 2.45. The van der Waals surface area contributed by atoms with Crippen LogP contribution in [0.15, 0.2) is 0 Å². The molecule has 12 heavy (non-hydrogen) atoms. The fraction of sp³-hybridized carbons (Fsp3) is 1.00. The minimum absolute atomic E-state index is 0.152. The van der Waals surface area contributed by atoms with Crippen molar-refractivity contribution < 1.29 is 14.7 Å². The van der Waals surface area contributed by atoms with E-state index < -0.39 is 7.94 Å². The van der Waals surface area contributed by atoms with Gasteiger partial charge in [0.2, 0.25) is 0 Å². The van der Waals surface area contributed by atoms with Crippen molar-refractivity contribution in [2.45, 2.75) is 26.2 Å². The SMILES string of the molecule is CCCSCCCC[P+](O)(O)O. The minimum Gasteiger partial charge on any atom is -0.193 e. The quantitative estimate of drug-likeness (QED) is 0.444. The van der Waals surface area contributed by atoms with Gasteiger partial charge >= 0.3 is 7.94 Å². The summed E-state index contributed by atoms with van der Waals surface area (Å²) in [6, 6.07) is 0. The summed E-state index contributed by atoms with van der Waals surface area (Å²) in [6.45, 7) is 2.14. The van der Waals surface area contributed by atoms with Crippen LogP contribution in [0.2, 0.25) is 0 Å². The predicted octanol–water partition coefficient (Wildman–Crippen LogP) is 1.65. The normalized spacial score (nSPS) is 12.0. The standard InChI is InChI=1S/C7H18O3PS/c1-2-6-12-7-4-3-5-11(8,9)10/h8-10H,2-7H2,1H3/q+1. The molecule has 3 N–H and O–H groups in total. The number of hydrogen-bond acceptors (Lipinski definition) is 4. The number of rotatable bonds is 7. The zero-order valence-corrected chi connectivity index (χ0v) is 9.15. The zero-order valence-electron chi connectivity index (χ0n) is 7.44. The van der Waals surface area contributed by atoms with Crippen molar-refractivity contribution in [1.29, 1.82) is 0 Å². The first-order chi connectivity index (χ1) is 5.56. The molecule has 0 aromatic carbocycles. The van der Waals surface area contributed by atoms with Gasteiger partial charge in [0.05, 0.1) is 0 Å². The van der Waals surface area contributed by atoms with Crippen molar-refractivity contribution in [3.8, 4) is 0 Å². The van der Waals surface area contributed by atoms with Crippen molar-refractivity contribution in [3.63, 3.8) is 0 Å². The van der Waals surface area contributed by atoms with E-state index in [4.69, 9.17) is 14.7 Å². The van der Waals surface area contributed by atoms with Crippen molar-refractivity contribution in [2.24, 2.45) is 0 Å². The maximum atomic E-state index is 8.64. The van der Waals surface area contributed by atoms with Crippen LogP contribution in [0, 0.1) is 0 Å². The van der Waals surface area contributed by atoms with Gasteiger partial charge in [0.15, 0.2) is 0 Å². The van der Waals surface area contributed by atoms with Crippen molar-refractivity contribution >= 4 is 19.7 Å². The Hall–Kier alpha value is 0.660. The van der Waals surface area contributed by atoms with Crippen LogP contribution in [0.4, 0.5) is 0 Å². The number of unbranched alkanes of at least 4 members (excludes halogenated alkanes) is 1. The fourth-order valence-corrected chi connectivity index (χ4v) is 2.32. The molecule has 0 atom stereocenters. The molecule has 0 unspecified atom stereocenters. The van der Waals surface area contributed by atoms with Gasteiger partial charge in [-0.2, -0.15) is 26.4 Å². The topological polar surface area (TPSA) is 60.7 Å². The molecule has 0 bridgehead atoms. The summed E-state index contributed by atoms with van der Waals surface area (Å²) in [5.41, 5.74) is 0. The molecule has 0 aliphatic rings. The zero-order chi connectivity index (χ0) is 9.45. The second-order valence-corrected chi connectivity index (χ2v) is 5.79. The summed E-state index contributed by atoms with van der Waals surface area (Å²) in [4.78, 5) is 25.9. The Morgan fingerprint density at radius 1 is 1.08 bits per heavy atom. The average Bonchev–Trinajstić information content (AvgIpc) is 1.94. The van der Waals surface area contributed by atoms with E-state index in [1.807, 2.05) is 11.8 Å². The van der Waals surface area contributed by atoms with Crippen LogP contribution in [-0.4, -0.2) is 32.3 Å². The molecule has 5 heteroatoms. The Morgan fingerprint density at radius 2 is 1.75 bits per heavy atom. The van der Waals surface area contributed by atoms with E-state index in [0.29, 0.717) is 6.42 Å².